The molecule has 2 saturated heterocycles. The van der Waals surface area contributed by atoms with Crippen molar-refractivity contribution in [1.82, 2.24) is 9.96 Å². The third-order valence-corrected chi connectivity index (χ3v) is 5.84. The van der Waals surface area contributed by atoms with E-state index >= 15 is 0 Å². The molecule has 3 rings (SSSR count). The average molecular weight is 390 g/mol. The van der Waals surface area contributed by atoms with E-state index in [1.165, 1.54) is 5.06 Å². The van der Waals surface area contributed by atoms with Gasteiger partial charge >= 0.3 is 0 Å². The van der Waals surface area contributed by atoms with Gasteiger partial charge in [-0.25, -0.2) is 17.2 Å². The molecule has 1 N–H and O–H groups in total. The topological polar surface area (TPSA) is 87.2 Å². The first-order chi connectivity index (χ1) is 12.2. The highest BCUT2D eigenvalue weighted by atomic mass is 32.2. The Bertz CT molecular complexity index is 809. The van der Waals surface area contributed by atoms with Crippen LogP contribution < -0.4 is 4.74 Å². The van der Waals surface area contributed by atoms with Crippen molar-refractivity contribution in [1.29, 1.82) is 0 Å². The van der Waals surface area contributed by atoms with Crippen LogP contribution in [0.2, 0.25) is 0 Å². The van der Waals surface area contributed by atoms with Crippen LogP contribution in [-0.2, 0) is 14.6 Å². The van der Waals surface area contributed by atoms with Crippen molar-refractivity contribution in [3.63, 3.8) is 0 Å². The third kappa shape index (κ3) is 3.81. The van der Waals surface area contributed by atoms with Crippen molar-refractivity contribution in [2.24, 2.45) is 0 Å². The number of likely N-dealkylation sites (tertiary alicyclic amines) is 1. The van der Waals surface area contributed by atoms with E-state index in [1.807, 2.05) is 0 Å². The first-order valence-corrected chi connectivity index (χ1v) is 10.2. The van der Waals surface area contributed by atoms with Gasteiger partial charge in [-0.1, -0.05) is 0 Å². The zero-order valence-corrected chi connectivity index (χ0v) is 15.0. The van der Waals surface area contributed by atoms with Crippen molar-refractivity contribution in [3.8, 4) is 5.75 Å². The summed E-state index contributed by atoms with van der Waals surface area (Å²) in [5.41, 5.74) is 0. The van der Waals surface area contributed by atoms with Crippen LogP contribution in [0.3, 0.4) is 0 Å². The van der Waals surface area contributed by atoms with Crippen LogP contribution >= 0.6 is 0 Å². The molecular weight excluding hydrogens is 370 g/mol. The second-order valence-corrected chi connectivity index (χ2v) is 8.58. The molecule has 10 heteroatoms. The van der Waals surface area contributed by atoms with Crippen LogP contribution in [0.4, 0.5) is 8.78 Å². The van der Waals surface area contributed by atoms with E-state index in [-0.39, 0.29) is 11.9 Å². The summed E-state index contributed by atoms with van der Waals surface area (Å²) in [5, 5.41) is 10.6. The van der Waals surface area contributed by atoms with Crippen molar-refractivity contribution in [2.45, 2.75) is 36.3 Å². The minimum atomic E-state index is -3.91. The van der Waals surface area contributed by atoms with Crippen LogP contribution in [0.15, 0.2) is 17.0 Å². The average Bonchev–Trinajstić information content (AvgIpc) is 2.91. The van der Waals surface area contributed by atoms with Crippen LogP contribution in [0.1, 0.15) is 19.3 Å². The van der Waals surface area contributed by atoms with E-state index in [4.69, 9.17) is 4.74 Å². The lowest BCUT2D eigenvalue weighted by Crippen LogP contribution is -2.46. The molecule has 0 radical (unpaired) electrons. The van der Waals surface area contributed by atoms with Gasteiger partial charge in [0, 0.05) is 44.4 Å². The summed E-state index contributed by atoms with van der Waals surface area (Å²) in [6.07, 6.45) is 1.41. The Morgan fingerprint density at radius 1 is 1.12 bits per heavy atom. The van der Waals surface area contributed by atoms with E-state index in [0.29, 0.717) is 51.0 Å². The molecule has 1 atom stereocenters. The molecule has 2 aliphatic heterocycles. The molecule has 1 aromatic rings. The molecule has 0 bridgehead atoms. The number of sulfone groups is 1. The molecule has 0 aliphatic carbocycles. The van der Waals surface area contributed by atoms with Crippen LogP contribution in [-0.4, -0.2) is 67.5 Å². The number of benzene rings is 1. The van der Waals surface area contributed by atoms with Crippen LogP contribution in [0, 0.1) is 11.6 Å². The van der Waals surface area contributed by atoms with E-state index in [0.717, 1.165) is 6.26 Å². The number of carbonyl (C=O) groups excluding carboxylic acids is 1. The molecule has 0 spiro atoms. The van der Waals surface area contributed by atoms with Gasteiger partial charge in [0.05, 0.1) is 0 Å². The van der Waals surface area contributed by atoms with Crippen LogP contribution in [0.5, 0.6) is 5.75 Å². The molecule has 0 saturated carbocycles. The lowest BCUT2D eigenvalue weighted by Gasteiger charge is -2.34. The van der Waals surface area contributed by atoms with Gasteiger partial charge in [0.1, 0.15) is 10.7 Å². The maximum absolute atomic E-state index is 14.1. The quantitative estimate of drug-likeness (QED) is 0.831. The highest BCUT2D eigenvalue weighted by Crippen LogP contribution is 2.29. The summed E-state index contributed by atoms with van der Waals surface area (Å²) >= 11 is 0. The van der Waals surface area contributed by atoms with E-state index in [2.05, 4.69) is 0 Å². The maximum atomic E-state index is 14.1. The largest absolute Gasteiger partial charge is 0.477 e. The molecule has 0 unspecified atom stereocenters. The number of hydroxylamine groups is 2. The van der Waals surface area contributed by atoms with E-state index < -0.39 is 38.2 Å². The number of piperidine rings is 1. The zero-order valence-electron chi connectivity index (χ0n) is 14.2. The van der Waals surface area contributed by atoms with Crippen molar-refractivity contribution in [2.75, 3.05) is 25.9 Å². The van der Waals surface area contributed by atoms with Crippen LogP contribution in [0.25, 0.3) is 0 Å². The normalized spacial score (nSPS) is 22.8. The fourth-order valence-electron chi connectivity index (χ4n) is 3.35. The zero-order chi connectivity index (χ0) is 19.1. The van der Waals surface area contributed by atoms with Gasteiger partial charge in [0.25, 0.3) is 5.91 Å². The fraction of sp³-hybridized carbons (Fsp3) is 0.562. The van der Waals surface area contributed by atoms with Gasteiger partial charge in [-0.15, -0.1) is 0 Å². The Morgan fingerprint density at radius 2 is 1.77 bits per heavy atom. The highest BCUT2D eigenvalue weighted by molar-refractivity contribution is 7.90. The van der Waals surface area contributed by atoms with Gasteiger partial charge in [-0.3, -0.25) is 4.79 Å². The van der Waals surface area contributed by atoms with Gasteiger partial charge in [-0.05, 0) is 18.9 Å². The molecule has 1 aromatic carbocycles. The maximum Gasteiger partial charge on any atom is 0.263 e. The first kappa shape index (κ1) is 19.0. The Kier molecular flexibility index (Phi) is 5.18. The lowest BCUT2D eigenvalue weighted by molar-refractivity contribution is -0.142. The molecule has 0 aromatic heterocycles. The predicted molar refractivity (Wildman–Crippen MR) is 86.6 cm³/mol. The minimum absolute atomic E-state index is 0.0197. The second-order valence-electron chi connectivity index (χ2n) is 6.60. The summed E-state index contributed by atoms with van der Waals surface area (Å²) in [5.74, 6) is -2.96. The Morgan fingerprint density at radius 3 is 2.38 bits per heavy atom. The summed E-state index contributed by atoms with van der Waals surface area (Å²) in [6.45, 7) is 1.37. The molecule has 2 heterocycles. The Hall–Kier alpha value is -1.78. The standard InChI is InChI=1S/C16H20F2N2O5S/c1-26(23,24)15-9-11(17)14(8-12(15)18)25-13-4-7-20(16(13)21)10-2-5-19(22)6-3-10/h8-10,13,22H,2-7H2,1H3/t13-/m0/s1. The van der Waals surface area contributed by atoms with E-state index in [1.54, 1.807) is 4.90 Å². The molecular formula is C16H20F2N2O5S. The highest BCUT2D eigenvalue weighted by Gasteiger charge is 2.39. The summed E-state index contributed by atoms with van der Waals surface area (Å²) in [4.78, 5) is 13.4. The third-order valence-electron chi connectivity index (χ3n) is 4.73. The van der Waals surface area contributed by atoms with Crippen molar-refractivity contribution < 1.29 is 31.9 Å². The van der Waals surface area contributed by atoms with Gasteiger partial charge in [0.15, 0.2) is 27.5 Å². The monoisotopic (exact) mass is 390 g/mol. The molecule has 26 heavy (non-hydrogen) atoms. The second kappa shape index (κ2) is 7.09. The number of halogens is 2. The number of amides is 1. The number of rotatable bonds is 4. The lowest BCUT2D eigenvalue weighted by atomic mass is 10.1. The van der Waals surface area contributed by atoms with Gasteiger partial charge in [0.2, 0.25) is 0 Å². The first-order valence-electron chi connectivity index (χ1n) is 8.27. The molecule has 2 fully saturated rings. The number of hydrogen-bond donors (Lipinski definition) is 1. The molecule has 144 valence electrons. The number of ether oxygens (including phenoxy) is 1. The number of nitrogens with zero attached hydrogens (tertiary/aromatic N) is 2. The SMILES string of the molecule is CS(=O)(=O)c1cc(F)c(O[C@H]2CCN(C3CCN(O)CC3)C2=O)cc1F. The minimum Gasteiger partial charge on any atom is -0.477 e. The van der Waals surface area contributed by atoms with Crippen molar-refractivity contribution in [3.05, 3.63) is 23.8 Å². The smallest absolute Gasteiger partial charge is 0.263 e. The van der Waals surface area contributed by atoms with Gasteiger partial charge in [-0.2, -0.15) is 5.06 Å². The number of hydrogen-bond acceptors (Lipinski definition) is 6. The predicted octanol–water partition coefficient (Wildman–Crippen LogP) is 1.20. The molecule has 7 nitrogen and oxygen atoms in total. The van der Waals surface area contributed by atoms with Crippen molar-refractivity contribution >= 4 is 15.7 Å². The fourth-order valence-corrected chi connectivity index (χ4v) is 4.08. The Balaban J connectivity index is 1.72. The summed E-state index contributed by atoms with van der Waals surface area (Å²) in [6, 6.07) is 1.20. The van der Waals surface area contributed by atoms with E-state index in [9.17, 15) is 27.2 Å². The summed E-state index contributed by atoms with van der Waals surface area (Å²) < 4.78 is 56.3. The van der Waals surface area contributed by atoms with Gasteiger partial charge < -0.3 is 14.8 Å². The number of carbonyl (C=O) groups is 1. The molecule has 1 amide bonds. The summed E-state index contributed by atoms with van der Waals surface area (Å²) in [7, 11) is -3.91. The molecule has 2 aliphatic rings. The Labute approximate surface area is 150 Å².